The minimum Gasteiger partial charge on any atom is -0.393 e. The van der Waals surface area contributed by atoms with Crippen LogP contribution in [0.4, 0.5) is 0 Å². The lowest BCUT2D eigenvalue weighted by Crippen LogP contribution is -2.39. The molecule has 1 N–H and O–H groups in total. The van der Waals surface area contributed by atoms with Crippen LogP contribution in [0, 0.1) is 5.92 Å². The normalized spacial score (nSPS) is 32.6. The highest BCUT2D eigenvalue weighted by Gasteiger charge is 2.39. The van der Waals surface area contributed by atoms with Crippen molar-refractivity contribution in [3.8, 4) is 0 Å². The van der Waals surface area contributed by atoms with Gasteiger partial charge in [0.25, 0.3) is 0 Å². The Morgan fingerprint density at radius 2 is 2.46 bits per heavy atom. The Labute approximate surface area is 78.6 Å². The molecule has 3 unspecified atom stereocenters. The van der Waals surface area contributed by atoms with Crippen LogP contribution in [0.15, 0.2) is 24.5 Å². The average Bonchev–Trinajstić information content (AvgIpc) is 2.16. The molecule has 0 spiro atoms. The van der Waals surface area contributed by atoms with Gasteiger partial charge >= 0.3 is 0 Å². The molecule has 1 aliphatic rings. The third-order valence-corrected chi connectivity index (χ3v) is 3.09. The fourth-order valence-electron chi connectivity index (χ4n) is 2.22. The molecule has 0 amide bonds. The Bertz CT molecular complexity index is 273. The van der Waals surface area contributed by atoms with Crippen molar-refractivity contribution in [2.75, 3.05) is 0 Å². The average molecular weight is 177 g/mol. The Kier molecular flexibility index (Phi) is 2.32. The molecule has 0 aromatic carbocycles. The van der Waals surface area contributed by atoms with Gasteiger partial charge in [0.05, 0.1) is 6.10 Å². The first-order valence-electron chi connectivity index (χ1n) is 4.91. The van der Waals surface area contributed by atoms with Crippen molar-refractivity contribution < 1.29 is 5.11 Å². The van der Waals surface area contributed by atoms with Crippen molar-refractivity contribution in [2.45, 2.75) is 31.8 Å². The van der Waals surface area contributed by atoms with Gasteiger partial charge in [-0.3, -0.25) is 4.98 Å². The van der Waals surface area contributed by atoms with Crippen LogP contribution in [0.2, 0.25) is 0 Å². The van der Waals surface area contributed by atoms with Crippen LogP contribution in [-0.4, -0.2) is 16.2 Å². The van der Waals surface area contributed by atoms with Crippen molar-refractivity contribution in [1.82, 2.24) is 4.98 Å². The molecule has 2 nitrogen and oxygen atoms in total. The summed E-state index contributed by atoms with van der Waals surface area (Å²) in [7, 11) is 0. The van der Waals surface area contributed by atoms with Crippen molar-refractivity contribution in [2.24, 2.45) is 5.92 Å². The Balaban J connectivity index is 2.12. The van der Waals surface area contributed by atoms with Gasteiger partial charge < -0.3 is 5.11 Å². The van der Waals surface area contributed by atoms with Crippen LogP contribution >= 0.6 is 0 Å². The predicted molar refractivity (Wildman–Crippen MR) is 51.4 cm³/mol. The number of aromatic nitrogens is 1. The molecular formula is C11H15NO. The second-order valence-electron chi connectivity index (χ2n) is 3.77. The Morgan fingerprint density at radius 3 is 3.00 bits per heavy atom. The summed E-state index contributed by atoms with van der Waals surface area (Å²) in [5.74, 6) is 0.984. The molecule has 1 heterocycles. The molecule has 0 saturated heterocycles. The van der Waals surface area contributed by atoms with Crippen LogP contribution in [-0.2, 0) is 0 Å². The monoisotopic (exact) mass is 177 g/mol. The number of aliphatic hydroxyl groups is 1. The van der Waals surface area contributed by atoms with E-state index in [2.05, 4.69) is 18.0 Å². The maximum atomic E-state index is 9.52. The topological polar surface area (TPSA) is 33.1 Å². The molecule has 0 radical (unpaired) electrons. The van der Waals surface area contributed by atoms with Gasteiger partial charge in [0, 0.05) is 12.4 Å². The Morgan fingerprint density at radius 1 is 1.62 bits per heavy atom. The molecule has 1 aromatic heterocycles. The van der Waals surface area contributed by atoms with Crippen molar-refractivity contribution in [3.63, 3.8) is 0 Å². The summed E-state index contributed by atoms with van der Waals surface area (Å²) in [6.07, 6.45) is 5.58. The molecule has 2 rings (SSSR count). The number of aliphatic hydroxyl groups excluding tert-OH is 1. The van der Waals surface area contributed by atoms with Crippen LogP contribution in [0.1, 0.15) is 31.2 Å². The van der Waals surface area contributed by atoms with E-state index in [1.165, 1.54) is 5.56 Å². The second kappa shape index (κ2) is 3.46. The standard InChI is InChI=1S/C11H15NO/c1-2-9-10(6-11(9)13)8-4-3-5-12-7-8/h3-5,7,9-11,13H,2,6H2,1H3. The van der Waals surface area contributed by atoms with Gasteiger partial charge in [-0.2, -0.15) is 0 Å². The van der Waals surface area contributed by atoms with Crippen LogP contribution in [0.3, 0.4) is 0 Å². The number of pyridine rings is 1. The molecule has 70 valence electrons. The van der Waals surface area contributed by atoms with Gasteiger partial charge in [-0.25, -0.2) is 0 Å². The summed E-state index contributed by atoms with van der Waals surface area (Å²) in [6, 6.07) is 4.07. The van der Waals surface area contributed by atoms with Gasteiger partial charge in [-0.05, 0) is 29.9 Å². The summed E-state index contributed by atoms with van der Waals surface area (Å²) in [6.45, 7) is 2.14. The van der Waals surface area contributed by atoms with E-state index < -0.39 is 0 Å². The third kappa shape index (κ3) is 1.46. The van der Waals surface area contributed by atoms with Gasteiger partial charge in [0.1, 0.15) is 0 Å². The van der Waals surface area contributed by atoms with Gasteiger partial charge in [0.15, 0.2) is 0 Å². The predicted octanol–water partition coefficient (Wildman–Crippen LogP) is 1.96. The largest absolute Gasteiger partial charge is 0.393 e. The van der Waals surface area contributed by atoms with E-state index in [0.717, 1.165) is 12.8 Å². The SMILES string of the molecule is CCC1C(O)CC1c1cccnc1. The van der Waals surface area contributed by atoms with E-state index in [4.69, 9.17) is 0 Å². The molecule has 0 bridgehead atoms. The van der Waals surface area contributed by atoms with E-state index in [1.54, 1.807) is 6.20 Å². The van der Waals surface area contributed by atoms with Gasteiger partial charge in [-0.15, -0.1) is 0 Å². The maximum absolute atomic E-state index is 9.52. The molecule has 3 atom stereocenters. The first kappa shape index (κ1) is 8.70. The van der Waals surface area contributed by atoms with Gasteiger partial charge in [0.2, 0.25) is 0 Å². The summed E-state index contributed by atoms with van der Waals surface area (Å²) in [5.41, 5.74) is 1.28. The molecule has 1 aliphatic carbocycles. The quantitative estimate of drug-likeness (QED) is 0.749. The minimum atomic E-state index is -0.0878. The zero-order valence-electron chi connectivity index (χ0n) is 7.85. The zero-order chi connectivity index (χ0) is 9.26. The molecule has 1 saturated carbocycles. The summed E-state index contributed by atoms with van der Waals surface area (Å²) >= 11 is 0. The maximum Gasteiger partial charge on any atom is 0.0580 e. The molecule has 2 heteroatoms. The lowest BCUT2D eigenvalue weighted by molar-refractivity contribution is -0.000828. The van der Waals surface area contributed by atoms with Crippen molar-refractivity contribution in [3.05, 3.63) is 30.1 Å². The summed E-state index contributed by atoms with van der Waals surface area (Å²) in [5, 5.41) is 9.52. The number of nitrogens with zero attached hydrogens (tertiary/aromatic N) is 1. The van der Waals surface area contributed by atoms with Crippen molar-refractivity contribution in [1.29, 1.82) is 0 Å². The van der Waals surface area contributed by atoms with E-state index in [0.29, 0.717) is 11.8 Å². The smallest absolute Gasteiger partial charge is 0.0580 e. The minimum absolute atomic E-state index is 0.0878. The Hall–Kier alpha value is -0.890. The molecule has 1 aromatic rings. The van der Waals surface area contributed by atoms with E-state index in [9.17, 15) is 5.11 Å². The highest BCUT2D eigenvalue weighted by Crippen LogP contribution is 2.44. The lowest BCUT2D eigenvalue weighted by Gasteiger charge is -2.41. The second-order valence-corrected chi connectivity index (χ2v) is 3.77. The zero-order valence-corrected chi connectivity index (χ0v) is 7.85. The van der Waals surface area contributed by atoms with E-state index >= 15 is 0 Å². The summed E-state index contributed by atoms with van der Waals surface area (Å²) in [4.78, 5) is 4.10. The lowest BCUT2D eigenvalue weighted by atomic mass is 9.67. The van der Waals surface area contributed by atoms with Crippen molar-refractivity contribution >= 4 is 0 Å². The first-order valence-corrected chi connectivity index (χ1v) is 4.91. The fourth-order valence-corrected chi connectivity index (χ4v) is 2.22. The molecule has 0 aliphatic heterocycles. The first-order chi connectivity index (χ1) is 6.33. The fraction of sp³-hybridized carbons (Fsp3) is 0.545. The van der Waals surface area contributed by atoms with E-state index in [-0.39, 0.29) is 6.10 Å². The van der Waals surface area contributed by atoms with Gasteiger partial charge in [-0.1, -0.05) is 19.4 Å². The van der Waals surface area contributed by atoms with Crippen LogP contribution in [0.25, 0.3) is 0 Å². The highest BCUT2D eigenvalue weighted by molar-refractivity contribution is 5.20. The summed E-state index contributed by atoms with van der Waals surface area (Å²) < 4.78 is 0. The number of rotatable bonds is 2. The molecule has 1 fully saturated rings. The van der Waals surface area contributed by atoms with E-state index in [1.807, 2.05) is 12.3 Å². The number of hydrogen-bond donors (Lipinski definition) is 1. The highest BCUT2D eigenvalue weighted by atomic mass is 16.3. The number of hydrogen-bond acceptors (Lipinski definition) is 2. The van der Waals surface area contributed by atoms with Crippen LogP contribution in [0.5, 0.6) is 0 Å². The third-order valence-electron chi connectivity index (χ3n) is 3.09. The van der Waals surface area contributed by atoms with Crippen LogP contribution < -0.4 is 0 Å². The molecule has 13 heavy (non-hydrogen) atoms. The molecular weight excluding hydrogens is 162 g/mol.